The van der Waals surface area contributed by atoms with Crippen molar-refractivity contribution in [1.29, 1.82) is 0 Å². The van der Waals surface area contributed by atoms with Crippen LogP contribution < -0.4 is 0 Å². The van der Waals surface area contributed by atoms with Crippen molar-refractivity contribution >= 4 is 15.6 Å². The van der Waals surface area contributed by atoms with Crippen LogP contribution in [0.1, 0.15) is 124 Å². The number of aliphatic hydroxyl groups excluding tert-OH is 1. The van der Waals surface area contributed by atoms with E-state index in [1.165, 1.54) is 96.3 Å². The quantitative estimate of drug-likeness (QED) is 0.109. The first-order valence-electron chi connectivity index (χ1n) is 11.6. The lowest BCUT2D eigenvalue weighted by molar-refractivity contribution is 0.272. The van der Waals surface area contributed by atoms with Crippen molar-refractivity contribution in [2.45, 2.75) is 124 Å². The Hall–Kier alpha value is 0.180. The van der Waals surface area contributed by atoms with E-state index in [2.05, 4.69) is 6.92 Å². The summed E-state index contributed by atoms with van der Waals surface area (Å²) in [5.41, 5.74) is 0. The normalized spacial score (nSPS) is 10.8. The molecule has 0 aliphatic heterocycles. The van der Waals surface area contributed by atoms with E-state index >= 15 is 0 Å². The molecule has 0 amide bonds. The summed E-state index contributed by atoms with van der Waals surface area (Å²) in [5.74, 6) is 0. The van der Waals surface area contributed by atoms with Gasteiger partial charge in [-0.2, -0.15) is 0 Å². The third-order valence-corrected chi connectivity index (χ3v) is 4.01. The Morgan fingerprint density at radius 3 is 0.774 bits per heavy atom. The Bertz CT molecular complexity index is 346. The van der Waals surface area contributed by atoms with E-state index in [0.29, 0.717) is 6.61 Å². The van der Waals surface area contributed by atoms with Gasteiger partial charge < -0.3 is 34.5 Å². The summed E-state index contributed by atoms with van der Waals surface area (Å²) in [4.78, 5) is 43.1. The summed E-state index contributed by atoms with van der Waals surface area (Å²) < 4.78 is 17.8. The van der Waals surface area contributed by atoms with E-state index in [1.807, 2.05) is 13.8 Å². The van der Waals surface area contributed by atoms with Crippen molar-refractivity contribution in [3.63, 3.8) is 0 Å². The van der Waals surface area contributed by atoms with Gasteiger partial charge in [0.1, 0.15) is 0 Å². The van der Waals surface area contributed by atoms with Gasteiger partial charge in [0, 0.05) is 6.61 Å². The van der Waals surface area contributed by atoms with Crippen LogP contribution in [0.3, 0.4) is 0 Å². The molecule has 7 N–H and O–H groups in total. The Kier molecular flexibility index (Phi) is 37.4. The maximum Gasteiger partial charge on any atom is 0.466 e. The fourth-order valence-electron chi connectivity index (χ4n) is 2.66. The lowest BCUT2D eigenvalue weighted by Crippen LogP contribution is -1.85. The van der Waals surface area contributed by atoms with Gasteiger partial charge in [0.15, 0.2) is 0 Å². The van der Waals surface area contributed by atoms with Crippen LogP contribution in [-0.2, 0) is 9.13 Å². The van der Waals surface area contributed by atoms with Crippen molar-refractivity contribution < 1.29 is 43.6 Å². The summed E-state index contributed by atoms with van der Waals surface area (Å²) in [6.07, 6.45) is 22.2. The molecule has 0 aliphatic rings. The smallest absolute Gasteiger partial charge is 0.396 e. The highest BCUT2D eigenvalue weighted by atomic mass is 31.2. The van der Waals surface area contributed by atoms with E-state index in [1.54, 1.807) is 0 Å². The zero-order valence-corrected chi connectivity index (χ0v) is 21.7. The molecule has 0 saturated heterocycles. The number of aliphatic hydroxyl groups is 1. The second-order valence-corrected chi connectivity index (χ2v) is 9.11. The number of phosphoric acid groups is 2. The molecule has 0 aromatic carbocycles. The molecule has 0 spiro atoms. The van der Waals surface area contributed by atoms with Gasteiger partial charge in [0.2, 0.25) is 0 Å². The van der Waals surface area contributed by atoms with Crippen LogP contribution in [-0.4, -0.2) is 41.1 Å². The van der Waals surface area contributed by atoms with Crippen molar-refractivity contribution in [3.05, 3.63) is 0 Å². The SMILES string of the molecule is CC.CCCCCCCCCCCCCCCCCCO.O=P(O)(O)O.O=P(O)(O)O. The second-order valence-electron chi connectivity index (χ2n) is 7.05. The zero-order valence-electron chi connectivity index (χ0n) is 19.9. The Labute approximate surface area is 189 Å². The molecular formula is C20H50O9P2. The molecule has 0 aliphatic carbocycles. The maximum atomic E-state index is 8.88. The predicted molar refractivity (Wildman–Crippen MR) is 127 cm³/mol. The molecule has 0 aromatic heterocycles. The minimum Gasteiger partial charge on any atom is -0.396 e. The summed E-state index contributed by atoms with van der Waals surface area (Å²) in [6, 6.07) is 0. The molecule has 11 heteroatoms. The highest BCUT2D eigenvalue weighted by Crippen LogP contribution is 2.26. The van der Waals surface area contributed by atoms with E-state index < -0.39 is 15.6 Å². The fraction of sp³-hybridized carbons (Fsp3) is 1.00. The number of unbranched alkanes of at least 4 members (excludes halogenated alkanes) is 15. The largest absolute Gasteiger partial charge is 0.466 e. The molecule has 9 nitrogen and oxygen atoms in total. The van der Waals surface area contributed by atoms with Gasteiger partial charge in [0.05, 0.1) is 0 Å². The Balaban J connectivity index is -0.000000249. The fourth-order valence-corrected chi connectivity index (χ4v) is 2.66. The van der Waals surface area contributed by atoms with Crippen LogP contribution in [0.2, 0.25) is 0 Å². The van der Waals surface area contributed by atoms with E-state index in [4.69, 9.17) is 43.6 Å². The van der Waals surface area contributed by atoms with Gasteiger partial charge in [-0.05, 0) is 6.42 Å². The van der Waals surface area contributed by atoms with Crippen LogP contribution in [0.5, 0.6) is 0 Å². The van der Waals surface area contributed by atoms with Gasteiger partial charge in [-0.15, -0.1) is 0 Å². The molecule has 0 bridgehead atoms. The third-order valence-electron chi connectivity index (χ3n) is 4.01. The van der Waals surface area contributed by atoms with Crippen LogP contribution in [0, 0.1) is 0 Å². The Morgan fingerprint density at radius 1 is 0.452 bits per heavy atom. The highest BCUT2D eigenvalue weighted by molar-refractivity contribution is 7.45. The summed E-state index contributed by atoms with van der Waals surface area (Å²) >= 11 is 0. The monoisotopic (exact) mass is 496 g/mol. The molecule has 0 saturated carbocycles. The molecule has 0 rings (SSSR count). The van der Waals surface area contributed by atoms with E-state index in [9.17, 15) is 0 Å². The molecule has 31 heavy (non-hydrogen) atoms. The van der Waals surface area contributed by atoms with Crippen molar-refractivity contribution in [2.75, 3.05) is 6.61 Å². The molecule has 0 fully saturated rings. The molecule has 0 radical (unpaired) electrons. The van der Waals surface area contributed by atoms with E-state index in [-0.39, 0.29) is 0 Å². The minimum atomic E-state index is -4.64. The van der Waals surface area contributed by atoms with Gasteiger partial charge >= 0.3 is 15.6 Å². The topological polar surface area (TPSA) is 176 Å². The van der Waals surface area contributed by atoms with Crippen LogP contribution >= 0.6 is 15.6 Å². The van der Waals surface area contributed by atoms with Crippen molar-refractivity contribution in [3.8, 4) is 0 Å². The lowest BCUT2D eigenvalue weighted by atomic mass is 10.0. The number of rotatable bonds is 16. The first kappa shape index (κ1) is 38.4. The summed E-state index contributed by atoms with van der Waals surface area (Å²) in [5, 5.41) is 8.67. The summed E-state index contributed by atoms with van der Waals surface area (Å²) in [7, 11) is -9.28. The summed E-state index contributed by atoms with van der Waals surface area (Å²) in [6.45, 7) is 6.66. The first-order chi connectivity index (χ1) is 14.4. The zero-order chi connectivity index (χ0) is 25.0. The second kappa shape index (κ2) is 30.2. The molecular weight excluding hydrogens is 446 g/mol. The lowest BCUT2D eigenvalue weighted by Gasteiger charge is -2.03. The molecule has 194 valence electrons. The van der Waals surface area contributed by atoms with Crippen LogP contribution in [0.4, 0.5) is 0 Å². The highest BCUT2D eigenvalue weighted by Gasteiger charge is 2.00. The molecule has 0 aromatic rings. The van der Waals surface area contributed by atoms with Crippen molar-refractivity contribution in [2.24, 2.45) is 0 Å². The Morgan fingerprint density at radius 2 is 0.613 bits per heavy atom. The molecule has 0 heterocycles. The molecule has 0 unspecified atom stereocenters. The third kappa shape index (κ3) is 91.5. The first-order valence-corrected chi connectivity index (χ1v) is 14.7. The van der Waals surface area contributed by atoms with E-state index in [0.717, 1.165) is 6.42 Å². The predicted octanol–water partition coefficient (Wildman–Crippen LogP) is 5.41. The van der Waals surface area contributed by atoms with Crippen molar-refractivity contribution in [1.82, 2.24) is 0 Å². The average molecular weight is 497 g/mol. The number of hydrogen-bond donors (Lipinski definition) is 7. The molecule has 0 atom stereocenters. The van der Waals surface area contributed by atoms with Crippen LogP contribution in [0.25, 0.3) is 0 Å². The van der Waals surface area contributed by atoms with Gasteiger partial charge in [-0.3, -0.25) is 0 Å². The van der Waals surface area contributed by atoms with Gasteiger partial charge in [-0.25, -0.2) is 9.13 Å². The maximum absolute atomic E-state index is 8.88. The standard InChI is InChI=1S/C18H38O.C2H6.2H3O4P/c1-2-3-4-5-6-7-8-9-10-11-12-13-14-15-16-17-18-19;1-2;2*1-5(2,3)4/h19H,2-18H2,1H3;1-2H3;2*(H3,1,2,3,4). The van der Waals surface area contributed by atoms with Gasteiger partial charge in [-0.1, -0.05) is 117 Å². The average Bonchev–Trinajstić information content (AvgIpc) is 2.64. The van der Waals surface area contributed by atoms with Gasteiger partial charge in [0.25, 0.3) is 0 Å². The minimum absolute atomic E-state index is 0.373. The van der Waals surface area contributed by atoms with Crippen LogP contribution in [0.15, 0.2) is 0 Å². The number of hydrogen-bond acceptors (Lipinski definition) is 3.